The van der Waals surface area contributed by atoms with E-state index in [-0.39, 0.29) is 48.6 Å². The normalized spacial score (nSPS) is 16.8. The molecule has 1 aliphatic carbocycles. The van der Waals surface area contributed by atoms with Gasteiger partial charge in [-0.05, 0) is 43.2 Å². The van der Waals surface area contributed by atoms with E-state index >= 15 is 0 Å². The summed E-state index contributed by atoms with van der Waals surface area (Å²) in [6.45, 7) is -0.909. The SMILES string of the molecule is O=C(NC[C@@H](C(=O)Nc1ccc(N2CCOCC2=O)c(C(F)F)c1)N(CC(F)F)C1CC1)c1ccc(Cl)s1. The summed E-state index contributed by atoms with van der Waals surface area (Å²) in [6, 6.07) is 5.30. The summed E-state index contributed by atoms with van der Waals surface area (Å²) in [5.74, 6) is -1.73. The van der Waals surface area contributed by atoms with Gasteiger partial charge in [0, 0.05) is 30.4 Å². The van der Waals surface area contributed by atoms with E-state index in [4.69, 9.17) is 16.3 Å². The van der Waals surface area contributed by atoms with E-state index in [0.29, 0.717) is 17.2 Å². The zero-order valence-corrected chi connectivity index (χ0v) is 21.5. The summed E-state index contributed by atoms with van der Waals surface area (Å²) in [6.07, 6.45) is -4.45. The second-order valence-corrected chi connectivity index (χ2v) is 10.5. The van der Waals surface area contributed by atoms with Crippen LogP contribution in [0, 0.1) is 0 Å². The van der Waals surface area contributed by atoms with Crippen LogP contribution in [-0.4, -0.2) is 74.0 Å². The summed E-state index contributed by atoms with van der Waals surface area (Å²) >= 11 is 6.90. The minimum absolute atomic E-state index is 0.00188. The molecule has 206 valence electrons. The highest BCUT2D eigenvalue weighted by molar-refractivity contribution is 7.18. The highest BCUT2D eigenvalue weighted by Gasteiger charge is 2.39. The third-order valence-electron chi connectivity index (χ3n) is 6.13. The van der Waals surface area contributed by atoms with Gasteiger partial charge in [-0.3, -0.25) is 19.3 Å². The van der Waals surface area contributed by atoms with Gasteiger partial charge in [0.15, 0.2) is 0 Å². The Morgan fingerprint density at radius 3 is 2.55 bits per heavy atom. The minimum atomic E-state index is -2.95. The van der Waals surface area contributed by atoms with E-state index in [1.165, 1.54) is 34.1 Å². The van der Waals surface area contributed by atoms with Crippen LogP contribution >= 0.6 is 22.9 Å². The van der Waals surface area contributed by atoms with Crippen LogP contribution in [0.15, 0.2) is 30.3 Å². The predicted octanol–water partition coefficient (Wildman–Crippen LogP) is 4.17. The number of hydrogen-bond donors (Lipinski definition) is 2. The molecule has 1 saturated heterocycles. The number of nitrogens with zero attached hydrogens (tertiary/aromatic N) is 2. The average molecular weight is 577 g/mol. The van der Waals surface area contributed by atoms with E-state index in [9.17, 15) is 31.9 Å². The molecule has 2 aromatic rings. The van der Waals surface area contributed by atoms with Crippen LogP contribution in [0.3, 0.4) is 0 Å². The van der Waals surface area contributed by atoms with Crippen LogP contribution in [0.25, 0.3) is 0 Å². The number of hydrogen-bond acceptors (Lipinski definition) is 6. The van der Waals surface area contributed by atoms with E-state index in [1.54, 1.807) is 0 Å². The van der Waals surface area contributed by atoms with Gasteiger partial charge < -0.3 is 20.3 Å². The number of ether oxygens (including phenoxy) is 1. The number of rotatable bonds is 11. The van der Waals surface area contributed by atoms with Gasteiger partial charge in [0.1, 0.15) is 12.6 Å². The third-order valence-corrected chi connectivity index (χ3v) is 7.36. The highest BCUT2D eigenvalue weighted by atomic mass is 35.5. The molecule has 0 bridgehead atoms. The van der Waals surface area contributed by atoms with Crippen molar-refractivity contribution in [2.45, 2.75) is 37.8 Å². The third kappa shape index (κ3) is 7.01. The van der Waals surface area contributed by atoms with E-state index in [0.717, 1.165) is 17.4 Å². The van der Waals surface area contributed by atoms with Gasteiger partial charge >= 0.3 is 0 Å². The summed E-state index contributed by atoms with van der Waals surface area (Å²) in [4.78, 5) is 40.8. The smallest absolute Gasteiger partial charge is 0.265 e. The molecule has 2 aliphatic rings. The molecule has 3 amide bonds. The number of alkyl halides is 4. The van der Waals surface area contributed by atoms with Gasteiger partial charge in [-0.1, -0.05) is 11.6 Å². The Balaban J connectivity index is 1.54. The number of anilines is 2. The molecule has 1 saturated carbocycles. The van der Waals surface area contributed by atoms with Gasteiger partial charge in [0.25, 0.3) is 24.7 Å². The second-order valence-electron chi connectivity index (χ2n) is 8.81. The molecule has 38 heavy (non-hydrogen) atoms. The van der Waals surface area contributed by atoms with Gasteiger partial charge in [0.2, 0.25) is 5.91 Å². The molecule has 1 aliphatic heterocycles. The van der Waals surface area contributed by atoms with Gasteiger partial charge in [-0.15, -0.1) is 11.3 Å². The Morgan fingerprint density at radius 2 is 1.95 bits per heavy atom. The maximum atomic E-state index is 13.9. The van der Waals surface area contributed by atoms with Crippen molar-refractivity contribution in [3.05, 3.63) is 45.1 Å². The molecule has 2 heterocycles. The number of nitrogens with one attached hydrogen (secondary N) is 2. The van der Waals surface area contributed by atoms with Crippen LogP contribution in [0.2, 0.25) is 4.34 Å². The topological polar surface area (TPSA) is 91.0 Å². The number of amides is 3. The fraction of sp³-hybridized carbons (Fsp3) is 0.458. The Morgan fingerprint density at radius 1 is 1.18 bits per heavy atom. The van der Waals surface area contributed by atoms with Crippen LogP contribution in [0.5, 0.6) is 0 Å². The first-order valence-electron chi connectivity index (χ1n) is 11.8. The molecule has 14 heteroatoms. The van der Waals surface area contributed by atoms with Crippen LogP contribution < -0.4 is 15.5 Å². The predicted molar refractivity (Wildman–Crippen MR) is 134 cm³/mol. The molecule has 1 atom stereocenters. The Kier molecular flexibility index (Phi) is 9.23. The minimum Gasteiger partial charge on any atom is -0.370 e. The monoisotopic (exact) mass is 576 g/mol. The lowest BCUT2D eigenvalue weighted by atomic mass is 10.1. The molecule has 1 aromatic heterocycles. The molecular weight excluding hydrogens is 552 g/mol. The van der Waals surface area contributed by atoms with Gasteiger partial charge in [-0.25, -0.2) is 17.6 Å². The van der Waals surface area contributed by atoms with Crippen molar-refractivity contribution in [1.82, 2.24) is 10.2 Å². The van der Waals surface area contributed by atoms with Crippen molar-refractivity contribution in [2.75, 3.05) is 43.1 Å². The van der Waals surface area contributed by atoms with Crippen molar-refractivity contribution in [2.24, 2.45) is 0 Å². The Hall–Kier alpha value is -2.74. The maximum absolute atomic E-state index is 13.9. The lowest BCUT2D eigenvalue weighted by Gasteiger charge is -2.31. The first kappa shape index (κ1) is 28.3. The highest BCUT2D eigenvalue weighted by Crippen LogP contribution is 2.34. The van der Waals surface area contributed by atoms with Crippen molar-refractivity contribution in [3.63, 3.8) is 0 Å². The Labute approximate surface area is 224 Å². The first-order valence-corrected chi connectivity index (χ1v) is 13.0. The first-order chi connectivity index (χ1) is 18.1. The van der Waals surface area contributed by atoms with Gasteiger partial charge in [0.05, 0.1) is 28.1 Å². The fourth-order valence-electron chi connectivity index (χ4n) is 4.22. The van der Waals surface area contributed by atoms with E-state index in [2.05, 4.69) is 10.6 Å². The number of thiophene rings is 1. The molecule has 0 spiro atoms. The lowest BCUT2D eigenvalue weighted by molar-refractivity contribution is -0.125. The largest absolute Gasteiger partial charge is 0.370 e. The molecule has 2 fully saturated rings. The van der Waals surface area contributed by atoms with Crippen molar-refractivity contribution < 1.29 is 36.7 Å². The van der Waals surface area contributed by atoms with Crippen LogP contribution in [0.1, 0.15) is 34.5 Å². The number of morpholine rings is 1. The lowest BCUT2D eigenvalue weighted by Crippen LogP contribution is -2.53. The van der Waals surface area contributed by atoms with E-state index in [1.807, 2.05) is 0 Å². The van der Waals surface area contributed by atoms with Crippen LogP contribution in [-0.2, 0) is 14.3 Å². The van der Waals surface area contributed by atoms with Crippen LogP contribution in [0.4, 0.5) is 28.9 Å². The number of carbonyl (C=O) groups is 3. The zero-order valence-electron chi connectivity index (χ0n) is 20.0. The number of halogens is 5. The number of carbonyl (C=O) groups excluding carboxylic acids is 3. The van der Waals surface area contributed by atoms with E-state index < -0.39 is 48.7 Å². The molecule has 2 N–H and O–H groups in total. The maximum Gasteiger partial charge on any atom is 0.265 e. The fourth-order valence-corrected chi connectivity index (χ4v) is 5.18. The van der Waals surface area contributed by atoms with Crippen molar-refractivity contribution >= 4 is 52.0 Å². The standard InChI is InChI=1S/C24H25ClF4N4O4S/c25-19-6-5-18(38-19)24(36)30-10-17(33(11-20(26)27)14-2-3-14)23(35)31-13-1-4-16(15(9-13)22(28)29)32-7-8-37-12-21(32)34/h1,4-6,9,14,17,20,22H,2-3,7-8,10-12H2,(H,30,36)(H,31,35)/t17-/m0/s1. The number of benzene rings is 1. The Bertz CT molecular complexity index is 1180. The summed E-state index contributed by atoms with van der Waals surface area (Å²) in [5, 5.41) is 5.12. The van der Waals surface area contributed by atoms with Gasteiger partial charge in [-0.2, -0.15) is 0 Å². The average Bonchev–Trinajstić information content (AvgIpc) is 3.63. The summed E-state index contributed by atoms with van der Waals surface area (Å²) < 4.78 is 60.0. The summed E-state index contributed by atoms with van der Waals surface area (Å²) in [7, 11) is 0. The second kappa shape index (κ2) is 12.4. The van der Waals surface area contributed by atoms with Crippen molar-refractivity contribution in [1.29, 1.82) is 0 Å². The molecule has 0 unspecified atom stereocenters. The molecule has 1 aromatic carbocycles. The summed E-state index contributed by atoms with van der Waals surface area (Å²) in [5.41, 5.74) is -0.463. The van der Waals surface area contributed by atoms with Crippen molar-refractivity contribution in [3.8, 4) is 0 Å². The molecule has 0 radical (unpaired) electrons. The molecule has 8 nitrogen and oxygen atoms in total. The molecule has 4 rings (SSSR count). The zero-order chi connectivity index (χ0) is 27.4. The molecular formula is C24H25ClF4N4O4S. The quantitative estimate of drug-likeness (QED) is 0.392.